The highest BCUT2D eigenvalue weighted by molar-refractivity contribution is 5.83. The highest BCUT2D eigenvalue weighted by Crippen LogP contribution is 2.27. The van der Waals surface area contributed by atoms with E-state index in [4.69, 9.17) is 0 Å². The van der Waals surface area contributed by atoms with E-state index in [0.717, 1.165) is 27.7 Å². The predicted octanol–water partition coefficient (Wildman–Crippen LogP) is 3.39. The van der Waals surface area contributed by atoms with Gasteiger partial charge in [0.15, 0.2) is 0 Å². The largest absolute Gasteiger partial charge is 0.505 e. The lowest BCUT2D eigenvalue weighted by Crippen LogP contribution is -2.00. The Morgan fingerprint density at radius 1 is 1.20 bits per heavy atom. The summed E-state index contributed by atoms with van der Waals surface area (Å²) in [5, 5.41) is 19.1. The first-order chi connectivity index (χ1) is 9.60. The first kappa shape index (κ1) is 12.4. The second-order valence-electron chi connectivity index (χ2n) is 4.86. The van der Waals surface area contributed by atoms with Gasteiger partial charge in [-0.1, -0.05) is 30.9 Å². The first-order valence-electron chi connectivity index (χ1n) is 6.39. The van der Waals surface area contributed by atoms with E-state index in [-0.39, 0.29) is 5.75 Å². The highest BCUT2D eigenvalue weighted by atomic mass is 16.3. The molecule has 0 fully saturated rings. The molecule has 2 aromatic carbocycles. The van der Waals surface area contributed by atoms with Crippen LogP contribution >= 0.6 is 0 Å². The van der Waals surface area contributed by atoms with E-state index in [1.54, 1.807) is 6.08 Å². The fourth-order valence-electron chi connectivity index (χ4n) is 2.32. The number of aryl methyl sites for hydroxylation is 2. The first-order valence-corrected chi connectivity index (χ1v) is 6.39. The Labute approximate surface area is 117 Å². The maximum Gasteiger partial charge on any atom is 0.146 e. The molecule has 3 rings (SSSR count). The Kier molecular flexibility index (Phi) is 2.79. The van der Waals surface area contributed by atoms with Crippen molar-refractivity contribution in [3.8, 4) is 11.4 Å². The summed E-state index contributed by atoms with van der Waals surface area (Å²) in [6, 6.07) is 9.55. The van der Waals surface area contributed by atoms with Gasteiger partial charge in [0, 0.05) is 5.56 Å². The number of aromatic nitrogens is 3. The van der Waals surface area contributed by atoms with Crippen molar-refractivity contribution >= 4 is 17.1 Å². The second-order valence-corrected chi connectivity index (χ2v) is 4.86. The van der Waals surface area contributed by atoms with Crippen LogP contribution < -0.4 is 0 Å². The summed E-state index contributed by atoms with van der Waals surface area (Å²) in [5.41, 5.74) is 4.94. The van der Waals surface area contributed by atoms with Gasteiger partial charge < -0.3 is 5.11 Å². The van der Waals surface area contributed by atoms with Crippen LogP contribution in [0, 0.1) is 13.8 Å². The summed E-state index contributed by atoms with van der Waals surface area (Å²) in [6.45, 7) is 7.63. The van der Waals surface area contributed by atoms with Crippen LogP contribution in [0.5, 0.6) is 5.75 Å². The van der Waals surface area contributed by atoms with Crippen LogP contribution in [0.2, 0.25) is 0 Å². The average Bonchev–Trinajstić information content (AvgIpc) is 2.86. The maximum atomic E-state index is 10.2. The lowest BCUT2D eigenvalue weighted by molar-refractivity contribution is 0.463. The molecule has 20 heavy (non-hydrogen) atoms. The number of phenols is 1. The van der Waals surface area contributed by atoms with Crippen LogP contribution in [0.1, 0.15) is 16.7 Å². The molecule has 0 atom stereocenters. The van der Waals surface area contributed by atoms with Crippen molar-refractivity contribution < 1.29 is 5.11 Å². The average molecular weight is 265 g/mol. The molecule has 1 N–H and O–H groups in total. The van der Waals surface area contributed by atoms with Gasteiger partial charge in [0.1, 0.15) is 22.5 Å². The molecule has 4 nitrogen and oxygen atoms in total. The molecule has 0 unspecified atom stereocenters. The van der Waals surface area contributed by atoms with Crippen LogP contribution in [0.4, 0.5) is 0 Å². The number of nitrogens with zero attached hydrogens (tertiary/aromatic N) is 3. The van der Waals surface area contributed by atoms with Crippen molar-refractivity contribution in [3.05, 3.63) is 53.6 Å². The van der Waals surface area contributed by atoms with Crippen LogP contribution in [0.3, 0.4) is 0 Å². The maximum absolute atomic E-state index is 10.2. The van der Waals surface area contributed by atoms with Gasteiger partial charge in [-0.05, 0) is 37.1 Å². The second kappa shape index (κ2) is 4.49. The smallest absolute Gasteiger partial charge is 0.146 e. The molecule has 3 aromatic rings. The summed E-state index contributed by atoms with van der Waals surface area (Å²) in [6.07, 6.45) is 1.75. The minimum atomic E-state index is 0.205. The molecule has 4 heteroatoms. The Balaban J connectivity index is 2.28. The molecule has 0 spiro atoms. The van der Waals surface area contributed by atoms with E-state index in [2.05, 4.69) is 16.8 Å². The van der Waals surface area contributed by atoms with Gasteiger partial charge in [0.05, 0.1) is 0 Å². The molecule has 0 radical (unpaired) electrons. The van der Waals surface area contributed by atoms with Gasteiger partial charge in [-0.2, -0.15) is 0 Å². The van der Waals surface area contributed by atoms with Crippen LogP contribution in [-0.4, -0.2) is 20.1 Å². The third-order valence-electron chi connectivity index (χ3n) is 3.30. The molecule has 1 aromatic heterocycles. The minimum absolute atomic E-state index is 0.205. The number of hydrogen-bond donors (Lipinski definition) is 1. The lowest BCUT2D eigenvalue weighted by atomic mass is 10.1. The molecule has 0 saturated heterocycles. The highest BCUT2D eigenvalue weighted by Gasteiger charge is 2.12. The van der Waals surface area contributed by atoms with Crippen LogP contribution in [0.25, 0.3) is 22.8 Å². The number of rotatable bonds is 2. The molecule has 100 valence electrons. The third-order valence-corrected chi connectivity index (χ3v) is 3.30. The number of phenolic OH excluding ortho intramolecular Hbond substituents is 1. The number of benzene rings is 2. The summed E-state index contributed by atoms with van der Waals surface area (Å²) in [5.74, 6) is 0.205. The SMILES string of the molecule is C=Cc1cccc2nn(-c3cc(C)cc(C)c3O)nc12. The Bertz CT molecular complexity index is 818. The molecule has 0 bridgehead atoms. The normalized spacial score (nSPS) is 10.9. The van der Waals surface area contributed by atoms with E-state index in [9.17, 15) is 5.11 Å². The van der Waals surface area contributed by atoms with E-state index in [1.807, 2.05) is 44.2 Å². The fourth-order valence-corrected chi connectivity index (χ4v) is 2.32. The molecular weight excluding hydrogens is 250 g/mol. The van der Waals surface area contributed by atoms with Crippen molar-refractivity contribution in [1.82, 2.24) is 15.0 Å². The number of hydrogen-bond acceptors (Lipinski definition) is 3. The molecule has 0 amide bonds. The van der Waals surface area contributed by atoms with Gasteiger partial charge in [-0.15, -0.1) is 15.0 Å². The quantitative estimate of drug-likeness (QED) is 0.772. The summed E-state index contributed by atoms with van der Waals surface area (Å²) >= 11 is 0. The van der Waals surface area contributed by atoms with Crippen molar-refractivity contribution in [3.63, 3.8) is 0 Å². The van der Waals surface area contributed by atoms with Crippen molar-refractivity contribution in [2.75, 3.05) is 0 Å². The van der Waals surface area contributed by atoms with Crippen molar-refractivity contribution in [2.24, 2.45) is 0 Å². The lowest BCUT2D eigenvalue weighted by Gasteiger charge is -2.07. The molecule has 0 aliphatic heterocycles. The van der Waals surface area contributed by atoms with E-state index >= 15 is 0 Å². The predicted molar refractivity (Wildman–Crippen MR) is 80.1 cm³/mol. The zero-order chi connectivity index (χ0) is 14.3. The molecule has 0 aliphatic rings. The van der Waals surface area contributed by atoms with Gasteiger partial charge in [0.2, 0.25) is 0 Å². The molecule has 0 aliphatic carbocycles. The third kappa shape index (κ3) is 1.86. The fraction of sp³-hybridized carbons (Fsp3) is 0.125. The topological polar surface area (TPSA) is 50.9 Å². The summed E-state index contributed by atoms with van der Waals surface area (Å²) in [4.78, 5) is 1.48. The Morgan fingerprint density at radius 2 is 2.00 bits per heavy atom. The standard InChI is InChI=1S/C16H15N3O/c1-4-12-6-5-7-13-15(12)18-19(17-13)14-9-10(2)8-11(3)16(14)20/h4-9,20H,1H2,2-3H3. The van der Waals surface area contributed by atoms with Gasteiger partial charge in [0.25, 0.3) is 0 Å². The zero-order valence-corrected chi connectivity index (χ0v) is 11.5. The number of fused-ring (bicyclic) bond motifs is 1. The Morgan fingerprint density at radius 3 is 2.75 bits per heavy atom. The van der Waals surface area contributed by atoms with Crippen molar-refractivity contribution in [2.45, 2.75) is 13.8 Å². The zero-order valence-electron chi connectivity index (χ0n) is 11.5. The van der Waals surface area contributed by atoms with E-state index in [0.29, 0.717) is 5.69 Å². The summed E-state index contributed by atoms with van der Waals surface area (Å²) < 4.78 is 0. The van der Waals surface area contributed by atoms with E-state index < -0.39 is 0 Å². The molecule has 1 heterocycles. The Hall–Kier alpha value is -2.62. The monoisotopic (exact) mass is 265 g/mol. The number of aromatic hydroxyl groups is 1. The van der Waals surface area contributed by atoms with Gasteiger partial charge in [-0.3, -0.25) is 0 Å². The van der Waals surface area contributed by atoms with Crippen LogP contribution in [-0.2, 0) is 0 Å². The van der Waals surface area contributed by atoms with Gasteiger partial charge in [-0.25, -0.2) is 0 Å². The summed E-state index contributed by atoms with van der Waals surface area (Å²) in [7, 11) is 0. The molecule has 0 saturated carbocycles. The van der Waals surface area contributed by atoms with Crippen LogP contribution in [0.15, 0.2) is 36.9 Å². The molecular formula is C16H15N3O. The van der Waals surface area contributed by atoms with E-state index in [1.165, 1.54) is 4.80 Å². The minimum Gasteiger partial charge on any atom is -0.505 e. The van der Waals surface area contributed by atoms with Crippen molar-refractivity contribution in [1.29, 1.82) is 0 Å². The van der Waals surface area contributed by atoms with Gasteiger partial charge >= 0.3 is 0 Å².